The predicted octanol–water partition coefficient (Wildman–Crippen LogP) is -0.138. The Morgan fingerprint density at radius 2 is 1.77 bits per heavy atom. The quantitative estimate of drug-likeness (QED) is 0.826. The number of nitrogens with two attached hydrogens (primary N) is 1. The van der Waals surface area contributed by atoms with Crippen LogP contribution in [0.3, 0.4) is 0 Å². The molecule has 1 amide bonds. The second kappa shape index (κ2) is 5.64. The number of piperazine rings is 1. The number of aryl methyl sites for hydroxylation is 2. The summed E-state index contributed by atoms with van der Waals surface area (Å²) in [7, 11) is -3.66. The molecule has 124 valence electrons. The van der Waals surface area contributed by atoms with Crippen LogP contribution in [0.2, 0.25) is 0 Å². The number of sulfonamides is 1. The Labute approximate surface area is 130 Å². The number of carbonyl (C=O) groups excluding carboxylic acids is 1. The Kier molecular flexibility index (Phi) is 4.33. The molecule has 0 radical (unpaired) electrons. The van der Waals surface area contributed by atoms with Crippen molar-refractivity contribution in [2.45, 2.75) is 38.1 Å². The Bertz CT molecular complexity index is 647. The molecule has 0 saturated carbocycles. The van der Waals surface area contributed by atoms with Crippen molar-refractivity contribution in [2.24, 2.45) is 5.73 Å². The third-order valence-corrected chi connectivity index (χ3v) is 5.79. The lowest BCUT2D eigenvalue weighted by molar-refractivity contribution is -0.137. The number of nitrogens with zero attached hydrogens (tertiary/aromatic N) is 3. The molecule has 0 unspecified atom stereocenters. The van der Waals surface area contributed by atoms with Gasteiger partial charge >= 0.3 is 0 Å². The van der Waals surface area contributed by atoms with E-state index >= 15 is 0 Å². The van der Waals surface area contributed by atoms with Crippen LogP contribution in [0.15, 0.2) is 9.42 Å². The van der Waals surface area contributed by atoms with E-state index in [2.05, 4.69) is 5.16 Å². The van der Waals surface area contributed by atoms with E-state index in [9.17, 15) is 13.2 Å². The summed E-state index contributed by atoms with van der Waals surface area (Å²) in [4.78, 5) is 13.8. The third-order valence-electron chi connectivity index (χ3n) is 3.64. The van der Waals surface area contributed by atoms with Crippen LogP contribution >= 0.6 is 0 Å². The second-order valence-electron chi connectivity index (χ2n) is 6.07. The van der Waals surface area contributed by atoms with Gasteiger partial charge in [-0.05, 0) is 27.7 Å². The van der Waals surface area contributed by atoms with Gasteiger partial charge in [-0.1, -0.05) is 5.16 Å². The fourth-order valence-corrected chi connectivity index (χ4v) is 4.22. The standard InChI is InChI=1S/C13H22N4O4S/c1-9-11(10(2)21-15-9)22(19,20)17-7-5-16(6-8-17)12(18)13(3,4)14/h5-8,14H2,1-4H3. The van der Waals surface area contributed by atoms with Crippen LogP contribution in [0.1, 0.15) is 25.3 Å². The van der Waals surface area contributed by atoms with Crippen LogP contribution in [-0.2, 0) is 14.8 Å². The van der Waals surface area contributed by atoms with Crippen molar-refractivity contribution in [3.05, 3.63) is 11.5 Å². The highest BCUT2D eigenvalue weighted by molar-refractivity contribution is 7.89. The first-order valence-electron chi connectivity index (χ1n) is 7.06. The lowest BCUT2D eigenvalue weighted by Gasteiger charge is -2.36. The fraction of sp³-hybridized carbons (Fsp3) is 0.692. The summed E-state index contributed by atoms with van der Waals surface area (Å²) < 4.78 is 31.6. The lowest BCUT2D eigenvalue weighted by atomic mass is 10.1. The molecule has 1 fully saturated rings. The van der Waals surface area contributed by atoms with Gasteiger partial charge in [0.1, 0.15) is 10.6 Å². The fourth-order valence-electron chi connectivity index (χ4n) is 2.51. The number of hydrogen-bond acceptors (Lipinski definition) is 6. The highest BCUT2D eigenvalue weighted by Crippen LogP contribution is 2.24. The molecule has 8 nitrogen and oxygen atoms in total. The Balaban J connectivity index is 2.14. The van der Waals surface area contributed by atoms with Crippen LogP contribution in [-0.4, -0.2) is 60.4 Å². The molecule has 9 heteroatoms. The maximum atomic E-state index is 12.7. The van der Waals surface area contributed by atoms with Crippen molar-refractivity contribution in [1.82, 2.24) is 14.4 Å². The molecule has 2 rings (SSSR count). The SMILES string of the molecule is Cc1noc(C)c1S(=O)(=O)N1CCN(C(=O)C(C)(C)N)CC1. The van der Waals surface area contributed by atoms with Gasteiger partial charge in [-0.25, -0.2) is 8.42 Å². The highest BCUT2D eigenvalue weighted by Gasteiger charge is 2.36. The minimum atomic E-state index is -3.66. The van der Waals surface area contributed by atoms with Gasteiger partial charge in [0.15, 0.2) is 5.76 Å². The van der Waals surface area contributed by atoms with Crippen molar-refractivity contribution >= 4 is 15.9 Å². The van der Waals surface area contributed by atoms with Gasteiger partial charge in [-0.2, -0.15) is 4.31 Å². The minimum absolute atomic E-state index is 0.117. The van der Waals surface area contributed by atoms with Gasteiger partial charge in [0.2, 0.25) is 15.9 Å². The van der Waals surface area contributed by atoms with Gasteiger partial charge in [0.05, 0.1) is 5.54 Å². The van der Waals surface area contributed by atoms with E-state index in [4.69, 9.17) is 10.3 Å². The van der Waals surface area contributed by atoms with Gasteiger partial charge in [0.25, 0.3) is 0 Å². The summed E-state index contributed by atoms with van der Waals surface area (Å²) >= 11 is 0. The van der Waals surface area contributed by atoms with Crippen molar-refractivity contribution in [3.8, 4) is 0 Å². The van der Waals surface area contributed by atoms with E-state index in [1.807, 2.05) is 0 Å². The monoisotopic (exact) mass is 330 g/mol. The third kappa shape index (κ3) is 3.01. The minimum Gasteiger partial charge on any atom is -0.360 e. The van der Waals surface area contributed by atoms with Gasteiger partial charge in [-0.3, -0.25) is 4.79 Å². The van der Waals surface area contributed by atoms with Crippen LogP contribution in [0.4, 0.5) is 0 Å². The second-order valence-corrected chi connectivity index (χ2v) is 7.95. The topological polar surface area (TPSA) is 110 Å². The van der Waals surface area contributed by atoms with Crippen LogP contribution in [0, 0.1) is 13.8 Å². The molecule has 1 aromatic rings. The first kappa shape index (κ1) is 16.9. The maximum Gasteiger partial charge on any atom is 0.248 e. The zero-order valence-electron chi connectivity index (χ0n) is 13.3. The summed E-state index contributed by atoms with van der Waals surface area (Å²) in [6.45, 7) is 7.56. The molecule has 0 bridgehead atoms. The molecule has 1 aliphatic heterocycles. The molecular weight excluding hydrogens is 308 g/mol. The number of rotatable bonds is 3. The molecule has 2 heterocycles. The van der Waals surface area contributed by atoms with Crippen LogP contribution in [0.5, 0.6) is 0 Å². The smallest absolute Gasteiger partial charge is 0.248 e. The first-order chi connectivity index (χ1) is 10.0. The lowest BCUT2D eigenvalue weighted by Crippen LogP contribution is -2.57. The average molecular weight is 330 g/mol. The summed E-state index contributed by atoms with van der Waals surface area (Å²) in [6.07, 6.45) is 0. The predicted molar refractivity (Wildman–Crippen MR) is 79.6 cm³/mol. The molecule has 0 aliphatic carbocycles. The summed E-state index contributed by atoms with van der Waals surface area (Å²) in [5, 5.41) is 3.69. The molecule has 22 heavy (non-hydrogen) atoms. The van der Waals surface area contributed by atoms with Gasteiger partial charge in [-0.15, -0.1) is 0 Å². The molecule has 1 saturated heterocycles. The van der Waals surface area contributed by atoms with E-state index in [1.54, 1.807) is 32.6 Å². The molecule has 1 aliphatic rings. The van der Waals surface area contributed by atoms with Crippen molar-refractivity contribution in [3.63, 3.8) is 0 Å². The zero-order chi connectivity index (χ0) is 16.7. The normalized spacial score (nSPS) is 17.8. The van der Waals surface area contributed by atoms with Gasteiger partial charge in [0, 0.05) is 26.2 Å². The summed E-state index contributed by atoms with van der Waals surface area (Å²) in [5.74, 6) is 0.0981. The largest absolute Gasteiger partial charge is 0.360 e. The molecule has 2 N–H and O–H groups in total. The van der Waals surface area contributed by atoms with Crippen molar-refractivity contribution in [1.29, 1.82) is 0 Å². The summed E-state index contributed by atoms with van der Waals surface area (Å²) in [6, 6.07) is 0. The van der Waals surface area contributed by atoms with E-state index < -0.39 is 15.6 Å². The Hall–Kier alpha value is -1.45. The van der Waals surface area contributed by atoms with E-state index in [0.29, 0.717) is 18.8 Å². The van der Waals surface area contributed by atoms with Crippen LogP contribution in [0.25, 0.3) is 0 Å². The molecule has 1 aromatic heterocycles. The molecule has 0 atom stereocenters. The first-order valence-corrected chi connectivity index (χ1v) is 8.50. The molecular formula is C13H22N4O4S. The van der Waals surface area contributed by atoms with Crippen LogP contribution < -0.4 is 5.73 Å². The average Bonchev–Trinajstić information content (AvgIpc) is 2.77. The van der Waals surface area contributed by atoms with Crippen molar-refractivity contribution in [2.75, 3.05) is 26.2 Å². The van der Waals surface area contributed by atoms with E-state index in [-0.39, 0.29) is 29.7 Å². The molecule has 0 spiro atoms. The highest BCUT2D eigenvalue weighted by atomic mass is 32.2. The van der Waals surface area contributed by atoms with E-state index in [0.717, 1.165) is 0 Å². The number of carbonyl (C=O) groups is 1. The summed E-state index contributed by atoms with van der Waals surface area (Å²) in [5.41, 5.74) is 5.19. The zero-order valence-corrected chi connectivity index (χ0v) is 14.1. The maximum absolute atomic E-state index is 12.7. The number of aromatic nitrogens is 1. The number of amides is 1. The Morgan fingerprint density at radius 1 is 1.23 bits per heavy atom. The Morgan fingerprint density at radius 3 is 2.18 bits per heavy atom. The van der Waals surface area contributed by atoms with Crippen molar-refractivity contribution < 1.29 is 17.7 Å². The number of hydrogen-bond donors (Lipinski definition) is 1. The van der Waals surface area contributed by atoms with E-state index in [1.165, 1.54) is 4.31 Å². The van der Waals surface area contributed by atoms with Gasteiger partial charge < -0.3 is 15.2 Å². The molecule has 0 aromatic carbocycles.